The monoisotopic (exact) mass is 368 g/mol. The lowest BCUT2D eigenvalue weighted by atomic mass is 9.96. The molecule has 2 rings (SSSR count). The van der Waals surface area contributed by atoms with Crippen LogP contribution in [0.25, 0.3) is 0 Å². The first-order chi connectivity index (χ1) is 12.3. The number of hydrogen-bond donors (Lipinski definition) is 2. The van der Waals surface area contributed by atoms with E-state index in [9.17, 15) is 24.0 Å². The normalized spacial score (nSPS) is 19.3. The second-order valence-corrected chi connectivity index (χ2v) is 6.55. The van der Waals surface area contributed by atoms with Crippen LogP contribution in [0.15, 0.2) is 0 Å². The molecule has 10 nitrogen and oxygen atoms in total. The minimum atomic E-state index is -1.23. The number of nitrogens with one attached hydrogen (secondary N) is 2. The van der Waals surface area contributed by atoms with Crippen molar-refractivity contribution in [2.45, 2.75) is 51.2 Å². The molecule has 26 heavy (non-hydrogen) atoms. The molecular weight excluding hydrogens is 344 g/mol. The second kappa shape index (κ2) is 8.63. The molecule has 1 heterocycles. The molecule has 10 heteroatoms. The van der Waals surface area contributed by atoms with Gasteiger partial charge in [0.05, 0.1) is 0 Å². The van der Waals surface area contributed by atoms with Gasteiger partial charge in [0.25, 0.3) is 11.8 Å². The van der Waals surface area contributed by atoms with Gasteiger partial charge < -0.3 is 15.0 Å². The molecule has 2 N–H and O–H groups in total. The van der Waals surface area contributed by atoms with Crippen LogP contribution in [0.5, 0.6) is 0 Å². The highest BCUT2D eigenvalue weighted by atomic mass is 16.5. The highest BCUT2D eigenvalue weighted by Crippen LogP contribution is 2.17. The van der Waals surface area contributed by atoms with Gasteiger partial charge in [-0.15, -0.1) is 0 Å². The van der Waals surface area contributed by atoms with Crippen LogP contribution in [0, 0.1) is 0 Å². The van der Waals surface area contributed by atoms with Crippen LogP contribution in [-0.4, -0.2) is 71.9 Å². The van der Waals surface area contributed by atoms with Gasteiger partial charge in [-0.05, 0) is 19.8 Å². The summed E-state index contributed by atoms with van der Waals surface area (Å²) in [6.07, 6.45) is 3.73. The first-order valence-corrected chi connectivity index (χ1v) is 8.64. The SMILES string of the molecule is C[C@@H](OC(=O)CN1C(=O)CN(C)C1=O)C(=O)NC(=O)NC1CCCCC1. The molecule has 1 atom stereocenters. The predicted octanol–water partition coefficient (Wildman–Crippen LogP) is -0.0294. The average Bonchev–Trinajstić information content (AvgIpc) is 2.81. The number of hydrogen-bond acceptors (Lipinski definition) is 6. The Morgan fingerprint density at radius 1 is 1.19 bits per heavy atom. The summed E-state index contributed by atoms with van der Waals surface area (Å²) in [5.74, 6) is -2.20. The quantitative estimate of drug-likeness (QED) is 0.519. The van der Waals surface area contributed by atoms with Gasteiger partial charge in [0.1, 0.15) is 13.1 Å². The summed E-state index contributed by atoms with van der Waals surface area (Å²) < 4.78 is 4.90. The minimum absolute atomic E-state index is 0.0404. The molecule has 0 bridgehead atoms. The van der Waals surface area contributed by atoms with Crippen LogP contribution in [0.4, 0.5) is 9.59 Å². The Kier molecular flexibility index (Phi) is 6.53. The summed E-state index contributed by atoms with van der Waals surface area (Å²) in [7, 11) is 1.44. The molecule has 1 aliphatic heterocycles. The zero-order chi connectivity index (χ0) is 19.3. The Hall–Kier alpha value is -2.65. The van der Waals surface area contributed by atoms with Crippen molar-refractivity contribution >= 4 is 29.8 Å². The molecule has 1 aliphatic carbocycles. The lowest BCUT2D eigenvalue weighted by Gasteiger charge is -2.23. The Labute approximate surface area is 151 Å². The Morgan fingerprint density at radius 2 is 1.85 bits per heavy atom. The van der Waals surface area contributed by atoms with Crippen molar-refractivity contribution in [2.75, 3.05) is 20.1 Å². The van der Waals surface area contributed by atoms with Crippen molar-refractivity contribution in [1.29, 1.82) is 0 Å². The lowest BCUT2D eigenvalue weighted by Crippen LogP contribution is -2.48. The first kappa shape index (κ1) is 19.7. The van der Waals surface area contributed by atoms with Crippen LogP contribution < -0.4 is 10.6 Å². The maximum atomic E-state index is 11.9. The molecule has 0 aromatic carbocycles. The third-order valence-electron chi connectivity index (χ3n) is 4.37. The molecule has 2 fully saturated rings. The first-order valence-electron chi connectivity index (χ1n) is 8.64. The second-order valence-electron chi connectivity index (χ2n) is 6.55. The van der Waals surface area contributed by atoms with Crippen molar-refractivity contribution in [3.63, 3.8) is 0 Å². The molecule has 0 radical (unpaired) electrons. The number of esters is 1. The molecule has 0 unspecified atom stereocenters. The standard InChI is InChI=1S/C16H24N4O6/c1-10(14(23)18-15(24)17-11-6-4-3-5-7-11)26-13(22)9-20-12(21)8-19(2)16(20)25/h10-11H,3-9H2,1-2H3,(H2,17,18,23,24)/t10-/m1/s1. The smallest absolute Gasteiger partial charge is 0.327 e. The van der Waals surface area contributed by atoms with Gasteiger partial charge in [-0.3, -0.25) is 24.6 Å². The molecule has 2 aliphatic rings. The molecular formula is C16H24N4O6. The van der Waals surface area contributed by atoms with Crippen LogP contribution in [0.1, 0.15) is 39.0 Å². The number of likely N-dealkylation sites (N-methyl/N-ethyl adjacent to an activating group) is 1. The number of ether oxygens (including phenoxy) is 1. The Bertz CT molecular complexity index is 602. The van der Waals surface area contributed by atoms with Gasteiger partial charge >= 0.3 is 18.0 Å². The van der Waals surface area contributed by atoms with Gasteiger partial charge in [0.15, 0.2) is 6.10 Å². The minimum Gasteiger partial charge on any atom is -0.451 e. The molecule has 144 valence electrons. The summed E-state index contributed by atoms with van der Waals surface area (Å²) in [6, 6.07) is -1.19. The predicted molar refractivity (Wildman–Crippen MR) is 88.8 cm³/mol. The van der Waals surface area contributed by atoms with E-state index in [-0.39, 0.29) is 12.6 Å². The fourth-order valence-electron chi connectivity index (χ4n) is 2.92. The molecule has 0 aromatic rings. The van der Waals surface area contributed by atoms with E-state index in [2.05, 4.69) is 10.6 Å². The van der Waals surface area contributed by atoms with Crippen molar-refractivity contribution in [2.24, 2.45) is 0 Å². The fraction of sp³-hybridized carbons (Fsp3) is 0.688. The van der Waals surface area contributed by atoms with Crippen LogP contribution in [0.3, 0.4) is 0 Å². The van der Waals surface area contributed by atoms with Crippen molar-refractivity contribution < 1.29 is 28.7 Å². The summed E-state index contributed by atoms with van der Waals surface area (Å²) in [5, 5.41) is 4.85. The molecule has 0 aromatic heterocycles. The number of nitrogens with zero attached hydrogens (tertiary/aromatic N) is 2. The molecule has 1 saturated heterocycles. The van der Waals surface area contributed by atoms with E-state index in [4.69, 9.17) is 4.74 Å². The molecule has 1 saturated carbocycles. The van der Waals surface area contributed by atoms with Gasteiger partial charge in [0.2, 0.25) is 0 Å². The summed E-state index contributed by atoms with van der Waals surface area (Å²) in [6.45, 7) is 0.623. The number of imide groups is 2. The van der Waals surface area contributed by atoms with E-state index < -0.39 is 42.5 Å². The summed E-state index contributed by atoms with van der Waals surface area (Å²) >= 11 is 0. The number of urea groups is 2. The highest BCUT2D eigenvalue weighted by molar-refractivity contribution is 6.04. The number of amides is 6. The third kappa shape index (κ3) is 5.17. The van der Waals surface area contributed by atoms with E-state index in [0.717, 1.165) is 37.0 Å². The van der Waals surface area contributed by atoms with Crippen molar-refractivity contribution in [1.82, 2.24) is 20.4 Å². The van der Waals surface area contributed by atoms with Gasteiger partial charge in [-0.2, -0.15) is 0 Å². The van der Waals surface area contributed by atoms with Gasteiger partial charge in [-0.1, -0.05) is 19.3 Å². The number of carbonyl (C=O) groups is 5. The maximum Gasteiger partial charge on any atom is 0.327 e. The number of carbonyl (C=O) groups excluding carboxylic acids is 5. The molecule has 6 amide bonds. The molecule has 0 spiro atoms. The van der Waals surface area contributed by atoms with E-state index in [0.29, 0.717) is 0 Å². The topological polar surface area (TPSA) is 125 Å². The van der Waals surface area contributed by atoms with Crippen molar-refractivity contribution in [3.05, 3.63) is 0 Å². The maximum absolute atomic E-state index is 11.9. The Balaban J connectivity index is 1.75. The van der Waals surface area contributed by atoms with Crippen LogP contribution in [0.2, 0.25) is 0 Å². The fourth-order valence-corrected chi connectivity index (χ4v) is 2.92. The average molecular weight is 368 g/mol. The largest absolute Gasteiger partial charge is 0.451 e. The van der Waals surface area contributed by atoms with E-state index in [1.54, 1.807) is 0 Å². The summed E-state index contributed by atoms with van der Waals surface area (Å²) in [5.41, 5.74) is 0. The van der Waals surface area contributed by atoms with Crippen LogP contribution in [-0.2, 0) is 19.1 Å². The van der Waals surface area contributed by atoms with E-state index in [1.165, 1.54) is 18.9 Å². The van der Waals surface area contributed by atoms with Crippen LogP contribution >= 0.6 is 0 Å². The highest BCUT2D eigenvalue weighted by Gasteiger charge is 2.35. The van der Waals surface area contributed by atoms with E-state index in [1.807, 2.05) is 0 Å². The van der Waals surface area contributed by atoms with Gasteiger partial charge in [0, 0.05) is 13.1 Å². The lowest BCUT2D eigenvalue weighted by molar-refractivity contribution is -0.156. The third-order valence-corrected chi connectivity index (χ3v) is 4.37. The zero-order valence-corrected chi connectivity index (χ0v) is 14.9. The summed E-state index contributed by atoms with van der Waals surface area (Å²) in [4.78, 5) is 60.8. The van der Waals surface area contributed by atoms with E-state index >= 15 is 0 Å². The Morgan fingerprint density at radius 3 is 2.42 bits per heavy atom. The number of rotatable bonds is 5. The van der Waals surface area contributed by atoms with Gasteiger partial charge in [-0.25, -0.2) is 9.59 Å². The van der Waals surface area contributed by atoms with Crippen molar-refractivity contribution in [3.8, 4) is 0 Å². The zero-order valence-electron chi connectivity index (χ0n) is 14.9.